The van der Waals surface area contributed by atoms with Gasteiger partial charge in [-0.2, -0.15) is 0 Å². The molecular weight excluding hydrogens is 398 g/mol. The lowest BCUT2D eigenvalue weighted by molar-refractivity contribution is 0.0937. The second kappa shape index (κ2) is 12.3. The van der Waals surface area contributed by atoms with Crippen molar-refractivity contribution in [2.45, 2.75) is 77.8 Å². The number of amides is 1. The maximum atomic E-state index is 12.8. The summed E-state index contributed by atoms with van der Waals surface area (Å²) < 4.78 is 7.53. The van der Waals surface area contributed by atoms with Crippen molar-refractivity contribution >= 4 is 16.9 Å². The van der Waals surface area contributed by atoms with Crippen LogP contribution in [0, 0.1) is 0 Å². The first-order chi connectivity index (χ1) is 15.6. The third kappa shape index (κ3) is 6.35. The van der Waals surface area contributed by atoms with E-state index in [1.165, 1.54) is 44.9 Å². The van der Waals surface area contributed by atoms with Crippen LogP contribution in [0.3, 0.4) is 0 Å². The summed E-state index contributed by atoms with van der Waals surface area (Å²) in [4.78, 5) is 17.7. The van der Waals surface area contributed by atoms with Gasteiger partial charge in [-0.05, 0) is 43.7 Å². The van der Waals surface area contributed by atoms with Crippen molar-refractivity contribution in [3.63, 3.8) is 0 Å². The number of aryl methyl sites for hydroxylation is 1. The third-order valence-corrected chi connectivity index (χ3v) is 5.99. The van der Waals surface area contributed by atoms with Gasteiger partial charge >= 0.3 is 0 Å². The zero-order valence-electron chi connectivity index (χ0n) is 19.8. The van der Waals surface area contributed by atoms with Gasteiger partial charge in [0.1, 0.15) is 11.6 Å². The van der Waals surface area contributed by atoms with Crippen LogP contribution in [-0.4, -0.2) is 22.6 Å². The molecule has 0 aliphatic heterocycles. The molecule has 3 rings (SSSR count). The normalized spacial score (nSPS) is 12.1. The van der Waals surface area contributed by atoms with E-state index in [1.54, 1.807) is 19.2 Å². The van der Waals surface area contributed by atoms with Gasteiger partial charge in [-0.25, -0.2) is 4.98 Å². The minimum Gasteiger partial charge on any atom is -0.497 e. The number of benzene rings is 2. The molecule has 5 nitrogen and oxygen atoms in total. The number of carbonyl (C=O) groups excluding carboxylic acids is 1. The van der Waals surface area contributed by atoms with E-state index in [4.69, 9.17) is 9.72 Å². The maximum absolute atomic E-state index is 12.8. The number of hydrogen-bond donors (Lipinski definition) is 1. The Morgan fingerprint density at radius 1 is 1.00 bits per heavy atom. The first kappa shape index (κ1) is 23.8. The molecular formula is C27H37N3O2. The number of unbranched alkanes of at least 4 members (excludes halogenated alkanes) is 7. The molecule has 5 heteroatoms. The minimum absolute atomic E-state index is 0.123. The average molecular weight is 436 g/mol. The highest BCUT2D eigenvalue weighted by molar-refractivity contribution is 5.94. The number of imidazole rings is 1. The van der Waals surface area contributed by atoms with Crippen LogP contribution in [0.2, 0.25) is 0 Å². The Morgan fingerprint density at radius 2 is 1.72 bits per heavy atom. The summed E-state index contributed by atoms with van der Waals surface area (Å²) >= 11 is 0. The SMILES string of the molecule is CCCCCCCCCCn1c(C(C)NC(=O)c2cccc(OC)c2)nc2ccccc21. The molecule has 1 unspecified atom stereocenters. The van der Waals surface area contributed by atoms with Crippen LogP contribution in [-0.2, 0) is 6.54 Å². The van der Waals surface area contributed by atoms with Gasteiger partial charge in [0, 0.05) is 12.1 Å². The quantitative estimate of drug-likeness (QED) is 0.305. The summed E-state index contributed by atoms with van der Waals surface area (Å²) in [6, 6.07) is 15.2. The van der Waals surface area contributed by atoms with E-state index in [-0.39, 0.29) is 11.9 Å². The van der Waals surface area contributed by atoms with Gasteiger partial charge in [-0.1, -0.05) is 70.1 Å². The molecule has 0 fully saturated rings. The first-order valence-electron chi connectivity index (χ1n) is 12.0. The maximum Gasteiger partial charge on any atom is 0.251 e. The zero-order chi connectivity index (χ0) is 22.8. The molecule has 0 spiro atoms. The molecule has 1 aromatic heterocycles. The van der Waals surface area contributed by atoms with Crippen LogP contribution in [0.15, 0.2) is 48.5 Å². The highest BCUT2D eigenvalue weighted by Crippen LogP contribution is 2.23. The Morgan fingerprint density at radius 3 is 2.47 bits per heavy atom. The summed E-state index contributed by atoms with van der Waals surface area (Å²) in [7, 11) is 1.60. The van der Waals surface area contributed by atoms with Crippen molar-refractivity contribution < 1.29 is 9.53 Å². The Balaban J connectivity index is 1.65. The zero-order valence-corrected chi connectivity index (χ0v) is 19.8. The number of carbonyl (C=O) groups is 1. The fraction of sp³-hybridized carbons (Fsp3) is 0.481. The smallest absolute Gasteiger partial charge is 0.251 e. The Bertz CT molecular complexity index is 995. The molecule has 0 saturated carbocycles. The number of ether oxygens (including phenoxy) is 1. The van der Waals surface area contributed by atoms with Crippen LogP contribution in [0.1, 0.15) is 87.4 Å². The van der Waals surface area contributed by atoms with E-state index in [9.17, 15) is 4.79 Å². The van der Waals surface area contributed by atoms with Gasteiger partial charge in [0.25, 0.3) is 5.91 Å². The third-order valence-electron chi connectivity index (χ3n) is 5.99. The van der Waals surface area contributed by atoms with Crippen LogP contribution in [0.25, 0.3) is 11.0 Å². The summed E-state index contributed by atoms with van der Waals surface area (Å²) in [5.74, 6) is 1.46. The molecule has 1 atom stereocenters. The Kier molecular flexibility index (Phi) is 9.14. The highest BCUT2D eigenvalue weighted by atomic mass is 16.5. The van der Waals surface area contributed by atoms with E-state index in [0.29, 0.717) is 11.3 Å². The van der Waals surface area contributed by atoms with Crippen molar-refractivity contribution in [1.29, 1.82) is 0 Å². The molecule has 1 amide bonds. The largest absolute Gasteiger partial charge is 0.497 e. The monoisotopic (exact) mass is 435 g/mol. The van der Waals surface area contributed by atoms with Crippen LogP contribution < -0.4 is 10.1 Å². The van der Waals surface area contributed by atoms with E-state index in [2.05, 4.69) is 28.9 Å². The Hall–Kier alpha value is -2.82. The fourth-order valence-corrected chi connectivity index (χ4v) is 4.17. The van der Waals surface area contributed by atoms with Crippen molar-refractivity contribution in [2.75, 3.05) is 7.11 Å². The average Bonchev–Trinajstić information content (AvgIpc) is 3.19. The van der Waals surface area contributed by atoms with E-state index in [0.717, 1.165) is 29.8 Å². The van der Waals surface area contributed by atoms with Crippen LogP contribution >= 0.6 is 0 Å². The minimum atomic E-state index is -0.199. The Labute approximate surface area is 192 Å². The molecule has 2 aromatic carbocycles. The number of nitrogens with one attached hydrogen (secondary N) is 1. The molecule has 1 heterocycles. The molecule has 32 heavy (non-hydrogen) atoms. The molecule has 0 bridgehead atoms. The van der Waals surface area contributed by atoms with E-state index >= 15 is 0 Å². The van der Waals surface area contributed by atoms with Gasteiger partial charge < -0.3 is 14.6 Å². The van der Waals surface area contributed by atoms with Gasteiger partial charge in [0.2, 0.25) is 0 Å². The van der Waals surface area contributed by atoms with Crippen LogP contribution in [0.5, 0.6) is 5.75 Å². The lowest BCUT2D eigenvalue weighted by Gasteiger charge is -2.17. The molecule has 0 radical (unpaired) electrons. The lowest BCUT2D eigenvalue weighted by atomic mass is 10.1. The van der Waals surface area contributed by atoms with Crippen molar-refractivity contribution in [3.8, 4) is 5.75 Å². The van der Waals surface area contributed by atoms with Crippen molar-refractivity contribution in [2.24, 2.45) is 0 Å². The van der Waals surface area contributed by atoms with Crippen molar-refractivity contribution in [3.05, 3.63) is 59.9 Å². The number of methoxy groups -OCH3 is 1. The fourth-order valence-electron chi connectivity index (χ4n) is 4.17. The number of fused-ring (bicyclic) bond motifs is 1. The second-order valence-corrected chi connectivity index (χ2v) is 8.51. The van der Waals surface area contributed by atoms with Gasteiger partial charge in [0.15, 0.2) is 0 Å². The van der Waals surface area contributed by atoms with Gasteiger partial charge in [-0.15, -0.1) is 0 Å². The molecule has 0 aliphatic carbocycles. The predicted octanol–water partition coefficient (Wildman–Crippen LogP) is 6.68. The van der Waals surface area contributed by atoms with E-state index < -0.39 is 0 Å². The molecule has 1 N–H and O–H groups in total. The predicted molar refractivity (Wildman–Crippen MR) is 131 cm³/mol. The van der Waals surface area contributed by atoms with Crippen molar-refractivity contribution in [1.82, 2.24) is 14.9 Å². The summed E-state index contributed by atoms with van der Waals surface area (Å²) in [5.41, 5.74) is 2.69. The number of aromatic nitrogens is 2. The number of hydrogen-bond acceptors (Lipinski definition) is 3. The highest BCUT2D eigenvalue weighted by Gasteiger charge is 2.19. The summed E-state index contributed by atoms with van der Waals surface area (Å²) in [5, 5.41) is 3.12. The summed E-state index contributed by atoms with van der Waals surface area (Å²) in [6.07, 6.45) is 10.3. The van der Waals surface area contributed by atoms with Gasteiger partial charge in [0.05, 0.1) is 24.2 Å². The number of nitrogens with zero attached hydrogens (tertiary/aromatic N) is 2. The molecule has 0 aliphatic rings. The molecule has 0 saturated heterocycles. The standard InChI is InChI=1S/C27H37N3O2/c1-4-5-6-7-8-9-10-13-19-30-25-18-12-11-17-24(25)29-26(30)21(2)28-27(31)22-15-14-16-23(20-22)32-3/h11-12,14-18,20-21H,4-10,13,19H2,1-3H3,(H,28,31). The molecule has 3 aromatic rings. The second-order valence-electron chi connectivity index (χ2n) is 8.51. The summed E-state index contributed by atoms with van der Waals surface area (Å²) in [6.45, 7) is 5.18. The van der Waals surface area contributed by atoms with E-state index in [1.807, 2.05) is 31.2 Å². The topological polar surface area (TPSA) is 56.2 Å². The van der Waals surface area contributed by atoms with Crippen LogP contribution in [0.4, 0.5) is 0 Å². The first-order valence-corrected chi connectivity index (χ1v) is 12.0. The molecule has 172 valence electrons. The van der Waals surface area contributed by atoms with Gasteiger partial charge in [-0.3, -0.25) is 4.79 Å². The lowest BCUT2D eigenvalue weighted by Crippen LogP contribution is -2.28. The number of rotatable bonds is 13. The number of para-hydroxylation sites is 2.